The Bertz CT molecular complexity index is 233. The maximum absolute atomic E-state index is 5.50. The standard InChI is InChI=1S/C8H13N3/c1-11(2)6-7-3-4-10-8(9)5-7/h3-5H,6H2,1-2H3,(H2,9,10). The van der Waals surface area contributed by atoms with E-state index in [4.69, 9.17) is 5.73 Å². The Morgan fingerprint density at radius 2 is 2.27 bits per heavy atom. The summed E-state index contributed by atoms with van der Waals surface area (Å²) in [6, 6.07) is 3.86. The molecule has 0 unspecified atom stereocenters. The van der Waals surface area contributed by atoms with Gasteiger partial charge < -0.3 is 10.6 Å². The van der Waals surface area contributed by atoms with Crippen LogP contribution < -0.4 is 5.73 Å². The fraction of sp³-hybridized carbons (Fsp3) is 0.375. The van der Waals surface area contributed by atoms with Crippen LogP contribution in [0.4, 0.5) is 5.82 Å². The molecule has 0 radical (unpaired) electrons. The monoisotopic (exact) mass is 151 g/mol. The Morgan fingerprint density at radius 1 is 1.55 bits per heavy atom. The topological polar surface area (TPSA) is 42.2 Å². The largest absolute Gasteiger partial charge is 0.384 e. The van der Waals surface area contributed by atoms with Gasteiger partial charge in [-0.05, 0) is 31.8 Å². The van der Waals surface area contributed by atoms with E-state index < -0.39 is 0 Å². The van der Waals surface area contributed by atoms with Gasteiger partial charge in [-0.15, -0.1) is 0 Å². The zero-order valence-electron chi connectivity index (χ0n) is 6.91. The average molecular weight is 151 g/mol. The highest BCUT2D eigenvalue weighted by Crippen LogP contribution is 2.04. The Labute approximate surface area is 66.8 Å². The number of nitrogens with two attached hydrogens (primary N) is 1. The molecule has 1 aromatic heterocycles. The summed E-state index contributed by atoms with van der Waals surface area (Å²) in [4.78, 5) is 6.00. The summed E-state index contributed by atoms with van der Waals surface area (Å²) in [5, 5.41) is 0. The van der Waals surface area contributed by atoms with E-state index in [0.29, 0.717) is 5.82 Å². The van der Waals surface area contributed by atoms with Gasteiger partial charge in [0.25, 0.3) is 0 Å². The van der Waals surface area contributed by atoms with Gasteiger partial charge >= 0.3 is 0 Å². The van der Waals surface area contributed by atoms with Crippen LogP contribution in [0.25, 0.3) is 0 Å². The van der Waals surface area contributed by atoms with Crippen molar-refractivity contribution in [1.82, 2.24) is 9.88 Å². The first-order chi connectivity index (χ1) is 5.18. The van der Waals surface area contributed by atoms with Crippen LogP contribution in [-0.4, -0.2) is 24.0 Å². The maximum atomic E-state index is 5.50. The van der Waals surface area contributed by atoms with Gasteiger partial charge in [0.05, 0.1) is 0 Å². The molecule has 3 nitrogen and oxygen atoms in total. The second-order valence-corrected chi connectivity index (χ2v) is 2.83. The van der Waals surface area contributed by atoms with E-state index in [9.17, 15) is 0 Å². The minimum atomic E-state index is 0.587. The molecule has 2 N–H and O–H groups in total. The molecule has 0 saturated heterocycles. The van der Waals surface area contributed by atoms with Crippen LogP contribution in [-0.2, 0) is 6.54 Å². The first kappa shape index (κ1) is 8.01. The lowest BCUT2D eigenvalue weighted by atomic mass is 10.2. The molecule has 0 atom stereocenters. The number of hydrogen-bond donors (Lipinski definition) is 1. The first-order valence-corrected chi connectivity index (χ1v) is 3.53. The van der Waals surface area contributed by atoms with Crippen LogP contribution in [0.5, 0.6) is 0 Å². The second-order valence-electron chi connectivity index (χ2n) is 2.83. The van der Waals surface area contributed by atoms with E-state index in [0.717, 1.165) is 6.54 Å². The molecule has 0 amide bonds. The molecule has 60 valence electrons. The zero-order valence-corrected chi connectivity index (χ0v) is 6.91. The van der Waals surface area contributed by atoms with Crippen LogP contribution in [0.15, 0.2) is 18.3 Å². The second kappa shape index (κ2) is 3.34. The predicted molar refractivity (Wildman–Crippen MR) is 46.0 cm³/mol. The molecule has 3 heteroatoms. The molecule has 0 fully saturated rings. The summed E-state index contributed by atoms with van der Waals surface area (Å²) < 4.78 is 0. The third-order valence-electron chi connectivity index (χ3n) is 1.34. The van der Waals surface area contributed by atoms with Gasteiger partial charge in [0.1, 0.15) is 5.82 Å². The van der Waals surface area contributed by atoms with Crippen molar-refractivity contribution in [2.24, 2.45) is 0 Å². The number of hydrogen-bond acceptors (Lipinski definition) is 3. The normalized spacial score (nSPS) is 10.5. The van der Waals surface area contributed by atoms with Gasteiger partial charge in [0, 0.05) is 12.7 Å². The van der Waals surface area contributed by atoms with Crippen molar-refractivity contribution in [2.75, 3.05) is 19.8 Å². The summed E-state index contributed by atoms with van der Waals surface area (Å²) in [5.41, 5.74) is 6.70. The summed E-state index contributed by atoms with van der Waals surface area (Å²) in [6.07, 6.45) is 1.73. The highest BCUT2D eigenvalue weighted by atomic mass is 15.0. The lowest BCUT2D eigenvalue weighted by Crippen LogP contribution is -2.10. The summed E-state index contributed by atoms with van der Waals surface area (Å²) in [5.74, 6) is 0.587. The molecule has 0 aliphatic rings. The number of nitrogens with zero attached hydrogens (tertiary/aromatic N) is 2. The Hall–Kier alpha value is -1.09. The quantitative estimate of drug-likeness (QED) is 0.677. The Balaban J connectivity index is 2.71. The van der Waals surface area contributed by atoms with E-state index in [-0.39, 0.29) is 0 Å². The van der Waals surface area contributed by atoms with Gasteiger partial charge in [0.15, 0.2) is 0 Å². The highest BCUT2D eigenvalue weighted by molar-refractivity contribution is 5.31. The number of anilines is 1. The lowest BCUT2D eigenvalue weighted by molar-refractivity contribution is 0.402. The number of rotatable bonds is 2. The minimum absolute atomic E-state index is 0.587. The zero-order chi connectivity index (χ0) is 8.27. The van der Waals surface area contributed by atoms with Crippen molar-refractivity contribution < 1.29 is 0 Å². The van der Waals surface area contributed by atoms with Crippen molar-refractivity contribution in [3.63, 3.8) is 0 Å². The molecule has 1 heterocycles. The summed E-state index contributed by atoms with van der Waals surface area (Å²) in [7, 11) is 4.05. The molecular weight excluding hydrogens is 138 g/mol. The molecule has 1 aromatic rings. The summed E-state index contributed by atoms with van der Waals surface area (Å²) in [6.45, 7) is 0.909. The number of aromatic nitrogens is 1. The van der Waals surface area contributed by atoms with E-state index >= 15 is 0 Å². The Kier molecular flexibility index (Phi) is 2.44. The van der Waals surface area contributed by atoms with Crippen LogP contribution in [0.3, 0.4) is 0 Å². The molecule has 11 heavy (non-hydrogen) atoms. The van der Waals surface area contributed by atoms with E-state index in [1.165, 1.54) is 5.56 Å². The van der Waals surface area contributed by atoms with Gasteiger partial charge in [-0.1, -0.05) is 0 Å². The minimum Gasteiger partial charge on any atom is -0.384 e. The molecular formula is C8H13N3. The van der Waals surface area contributed by atoms with Crippen LogP contribution in [0.2, 0.25) is 0 Å². The van der Waals surface area contributed by atoms with Crippen molar-refractivity contribution in [3.05, 3.63) is 23.9 Å². The van der Waals surface area contributed by atoms with E-state index in [1.54, 1.807) is 6.20 Å². The fourth-order valence-corrected chi connectivity index (χ4v) is 0.958. The Morgan fingerprint density at radius 3 is 2.82 bits per heavy atom. The maximum Gasteiger partial charge on any atom is 0.123 e. The van der Waals surface area contributed by atoms with Crippen LogP contribution >= 0.6 is 0 Å². The molecule has 0 bridgehead atoms. The van der Waals surface area contributed by atoms with Crippen molar-refractivity contribution in [1.29, 1.82) is 0 Å². The third-order valence-corrected chi connectivity index (χ3v) is 1.34. The number of pyridine rings is 1. The molecule has 1 rings (SSSR count). The lowest BCUT2D eigenvalue weighted by Gasteiger charge is -2.08. The fourth-order valence-electron chi connectivity index (χ4n) is 0.958. The van der Waals surface area contributed by atoms with Crippen LogP contribution in [0.1, 0.15) is 5.56 Å². The van der Waals surface area contributed by atoms with Gasteiger partial charge in [-0.25, -0.2) is 4.98 Å². The molecule has 0 aliphatic heterocycles. The first-order valence-electron chi connectivity index (χ1n) is 3.53. The third kappa shape index (κ3) is 2.55. The summed E-state index contributed by atoms with van der Waals surface area (Å²) >= 11 is 0. The van der Waals surface area contributed by atoms with Crippen molar-refractivity contribution in [2.45, 2.75) is 6.54 Å². The van der Waals surface area contributed by atoms with Gasteiger partial charge in [-0.2, -0.15) is 0 Å². The highest BCUT2D eigenvalue weighted by Gasteiger charge is 1.94. The van der Waals surface area contributed by atoms with E-state index in [1.807, 2.05) is 26.2 Å². The van der Waals surface area contributed by atoms with Gasteiger partial charge in [0.2, 0.25) is 0 Å². The number of nitrogen functional groups attached to an aromatic ring is 1. The van der Waals surface area contributed by atoms with Crippen molar-refractivity contribution in [3.8, 4) is 0 Å². The predicted octanol–water partition coefficient (Wildman–Crippen LogP) is 0.725. The molecule has 0 aliphatic carbocycles. The smallest absolute Gasteiger partial charge is 0.123 e. The molecule has 0 spiro atoms. The average Bonchev–Trinajstić information content (AvgIpc) is 1.85. The van der Waals surface area contributed by atoms with Crippen LogP contribution in [0, 0.1) is 0 Å². The molecule has 0 saturated carbocycles. The SMILES string of the molecule is CN(C)Cc1ccnc(N)c1. The van der Waals surface area contributed by atoms with E-state index in [2.05, 4.69) is 9.88 Å². The van der Waals surface area contributed by atoms with Crippen molar-refractivity contribution >= 4 is 5.82 Å². The van der Waals surface area contributed by atoms with Gasteiger partial charge in [-0.3, -0.25) is 0 Å². The molecule has 0 aromatic carbocycles.